The second-order valence-corrected chi connectivity index (χ2v) is 4.17. The molecule has 1 saturated heterocycles. The van der Waals surface area contributed by atoms with Gasteiger partial charge in [0.15, 0.2) is 5.69 Å². The summed E-state index contributed by atoms with van der Waals surface area (Å²) >= 11 is 0. The van der Waals surface area contributed by atoms with Gasteiger partial charge in [-0.2, -0.15) is 0 Å². The number of carbonyl (C=O) groups is 1. The number of hydrogen-bond donors (Lipinski definition) is 1. The lowest BCUT2D eigenvalue weighted by Gasteiger charge is -2.38. The molecule has 0 radical (unpaired) electrons. The molecule has 0 saturated carbocycles. The van der Waals surface area contributed by atoms with Crippen molar-refractivity contribution in [2.24, 2.45) is 0 Å². The Labute approximate surface area is 104 Å². The summed E-state index contributed by atoms with van der Waals surface area (Å²) in [7, 11) is 3.09. The second-order valence-electron chi connectivity index (χ2n) is 4.17. The average Bonchev–Trinajstić information content (AvgIpc) is 2.91. The molecular formula is C11H16N2O5. The molecule has 2 heterocycles. The number of ether oxygens (including phenoxy) is 2. The molecule has 0 aromatic carbocycles. The molecule has 1 aromatic heterocycles. The number of amides is 1. The van der Waals surface area contributed by atoms with Gasteiger partial charge < -0.3 is 24.0 Å². The van der Waals surface area contributed by atoms with E-state index in [4.69, 9.17) is 9.47 Å². The van der Waals surface area contributed by atoms with Crippen molar-refractivity contribution in [1.82, 2.24) is 10.1 Å². The largest absolute Gasteiger partial charge is 0.388 e. The molecule has 1 N–H and O–H groups in total. The third-order valence-corrected chi connectivity index (χ3v) is 3.12. The zero-order valence-corrected chi connectivity index (χ0v) is 10.3. The Morgan fingerprint density at radius 3 is 3.00 bits per heavy atom. The highest BCUT2D eigenvalue weighted by molar-refractivity contribution is 5.92. The van der Waals surface area contributed by atoms with E-state index in [1.165, 1.54) is 24.3 Å². The lowest BCUT2D eigenvalue weighted by Crippen LogP contribution is -2.56. The number of methoxy groups -OCH3 is 1. The van der Waals surface area contributed by atoms with Gasteiger partial charge in [-0.05, 0) is 0 Å². The van der Waals surface area contributed by atoms with Gasteiger partial charge >= 0.3 is 0 Å². The molecule has 3 atom stereocenters. The van der Waals surface area contributed by atoms with Crippen LogP contribution in [0.25, 0.3) is 0 Å². The van der Waals surface area contributed by atoms with E-state index in [1.54, 1.807) is 7.05 Å². The normalized spacial score (nSPS) is 28.1. The summed E-state index contributed by atoms with van der Waals surface area (Å²) in [4.78, 5) is 13.4. The first-order chi connectivity index (χ1) is 8.65. The Morgan fingerprint density at radius 1 is 1.61 bits per heavy atom. The van der Waals surface area contributed by atoms with Crippen LogP contribution in [0, 0.1) is 0 Å². The van der Waals surface area contributed by atoms with E-state index in [2.05, 4.69) is 9.68 Å². The molecule has 7 heteroatoms. The maximum Gasteiger partial charge on any atom is 0.276 e. The maximum atomic E-state index is 12.0. The first kappa shape index (κ1) is 13.0. The van der Waals surface area contributed by atoms with E-state index in [9.17, 15) is 9.90 Å². The van der Waals surface area contributed by atoms with Gasteiger partial charge in [0.2, 0.25) is 0 Å². The van der Waals surface area contributed by atoms with Crippen LogP contribution in [-0.4, -0.2) is 66.7 Å². The molecule has 1 amide bonds. The molecule has 1 aliphatic rings. The van der Waals surface area contributed by atoms with Crippen LogP contribution in [0.4, 0.5) is 0 Å². The fourth-order valence-corrected chi connectivity index (χ4v) is 1.95. The summed E-state index contributed by atoms with van der Waals surface area (Å²) in [5, 5.41) is 13.7. The van der Waals surface area contributed by atoms with E-state index in [0.29, 0.717) is 6.61 Å². The number of aliphatic hydroxyl groups excluding tert-OH is 1. The molecule has 7 nitrogen and oxygen atoms in total. The third kappa shape index (κ3) is 2.38. The van der Waals surface area contributed by atoms with Gasteiger partial charge in [0.25, 0.3) is 5.91 Å². The van der Waals surface area contributed by atoms with Crippen LogP contribution >= 0.6 is 0 Å². The molecule has 100 valence electrons. The van der Waals surface area contributed by atoms with Crippen molar-refractivity contribution in [3.63, 3.8) is 0 Å². The molecule has 1 aliphatic heterocycles. The zero-order valence-electron chi connectivity index (χ0n) is 10.3. The Bertz CT molecular complexity index is 394. The number of likely N-dealkylation sites (N-methyl/N-ethyl adjacent to an activating group) is 1. The predicted molar refractivity (Wildman–Crippen MR) is 60.0 cm³/mol. The van der Waals surface area contributed by atoms with Crippen LogP contribution in [0.2, 0.25) is 0 Å². The van der Waals surface area contributed by atoms with Crippen molar-refractivity contribution in [3.05, 3.63) is 18.0 Å². The van der Waals surface area contributed by atoms with E-state index < -0.39 is 18.2 Å². The Kier molecular flexibility index (Phi) is 3.95. The van der Waals surface area contributed by atoms with Crippen molar-refractivity contribution in [2.45, 2.75) is 18.2 Å². The quantitative estimate of drug-likeness (QED) is 0.786. The summed E-state index contributed by atoms with van der Waals surface area (Å²) in [6.45, 7) is 0.585. The van der Waals surface area contributed by atoms with Gasteiger partial charge in [-0.25, -0.2) is 0 Å². The van der Waals surface area contributed by atoms with Crippen LogP contribution in [-0.2, 0) is 9.47 Å². The zero-order chi connectivity index (χ0) is 13.1. The van der Waals surface area contributed by atoms with Gasteiger partial charge in [0.05, 0.1) is 19.3 Å². The Hall–Kier alpha value is -1.44. The van der Waals surface area contributed by atoms with Gasteiger partial charge in [-0.3, -0.25) is 4.79 Å². The first-order valence-electron chi connectivity index (χ1n) is 5.61. The van der Waals surface area contributed by atoms with Gasteiger partial charge in [-0.15, -0.1) is 0 Å². The monoisotopic (exact) mass is 256 g/mol. The molecule has 0 bridgehead atoms. The van der Waals surface area contributed by atoms with E-state index in [0.717, 1.165) is 0 Å². The minimum absolute atomic E-state index is 0.198. The molecule has 0 aliphatic carbocycles. The highest BCUT2D eigenvalue weighted by Gasteiger charge is 2.37. The average molecular weight is 256 g/mol. The van der Waals surface area contributed by atoms with Crippen molar-refractivity contribution in [2.75, 3.05) is 27.4 Å². The molecular weight excluding hydrogens is 240 g/mol. The number of aromatic nitrogens is 1. The number of aliphatic hydroxyl groups is 1. The topological polar surface area (TPSA) is 85.0 Å². The fourth-order valence-electron chi connectivity index (χ4n) is 1.95. The molecule has 0 spiro atoms. The fraction of sp³-hybridized carbons (Fsp3) is 0.636. The standard InChI is InChI=1S/C11H16N2O5/c1-13(11(15)7-3-4-18-12-7)8-5-17-6-9(16-2)10(8)14/h3-4,8-10,14H,5-6H2,1-2H3/t8-,9-,10+/m1/s1. The summed E-state index contributed by atoms with van der Waals surface area (Å²) in [6.07, 6.45) is 0.105. The van der Waals surface area contributed by atoms with Gasteiger partial charge in [0.1, 0.15) is 18.5 Å². The highest BCUT2D eigenvalue weighted by atomic mass is 16.5. The Balaban J connectivity index is 2.08. The first-order valence-corrected chi connectivity index (χ1v) is 5.61. The number of nitrogens with zero attached hydrogens (tertiary/aromatic N) is 2. The number of rotatable bonds is 3. The summed E-state index contributed by atoms with van der Waals surface area (Å²) in [5.74, 6) is -0.326. The lowest BCUT2D eigenvalue weighted by atomic mass is 10.0. The van der Waals surface area contributed by atoms with Crippen LogP contribution in [0.5, 0.6) is 0 Å². The summed E-state index contributed by atoms with van der Waals surface area (Å²) in [5.41, 5.74) is 0.198. The van der Waals surface area contributed by atoms with Crippen molar-refractivity contribution in [3.8, 4) is 0 Å². The minimum Gasteiger partial charge on any atom is -0.388 e. The molecule has 1 aromatic rings. The molecule has 2 rings (SSSR count). The van der Waals surface area contributed by atoms with Crippen molar-refractivity contribution < 1.29 is 23.9 Å². The summed E-state index contributed by atoms with van der Waals surface area (Å²) < 4.78 is 15.1. The van der Waals surface area contributed by atoms with E-state index in [-0.39, 0.29) is 18.2 Å². The van der Waals surface area contributed by atoms with E-state index >= 15 is 0 Å². The van der Waals surface area contributed by atoms with Crippen LogP contribution in [0.1, 0.15) is 10.5 Å². The molecule has 18 heavy (non-hydrogen) atoms. The van der Waals surface area contributed by atoms with E-state index in [1.807, 2.05) is 0 Å². The smallest absolute Gasteiger partial charge is 0.276 e. The van der Waals surface area contributed by atoms with Crippen LogP contribution < -0.4 is 0 Å². The lowest BCUT2D eigenvalue weighted by molar-refractivity contribution is -0.135. The third-order valence-electron chi connectivity index (χ3n) is 3.12. The van der Waals surface area contributed by atoms with Crippen LogP contribution in [0.15, 0.2) is 16.9 Å². The van der Waals surface area contributed by atoms with Gasteiger partial charge in [-0.1, -0.05) is 5.16 Å². The highest BCUT2D eigenvalue weighted by Crippen LogP contribution is 2.17. The number of carbonyl (C=O) groups excluding carboxylic acids is 1. The van der Waals surface area contributed by atoms with Crippen molar-refractivity contribution in [1.29, 1.82) is 0 Å². The molecule has 0 unspecified atom stereocenters. The van der Waals surface area contributed by atoms with Crippen molar-refractivity contribution >= 4 is 5.91 Å². The molecule has 1 fully saturated rings. The second kappa shape index (κ2) is 5.47. The number of hydrogen-bond acceptors (Lipinski definition) is 6. The van der Waals surface area contributed by atoms with Crippen LogP contribution in [0.3, 0.4) is 0 Å². The predicted octanol–water partition coefficient (Wildman–Crippen LogP) is -0.479. The maximum absolute atomic E-state index is 12.0. The van der Waals surface area contributed by atoms with Gasteiger partial charge in [0, 0.05) is 20.2 Å². The minimum atomic E-state index is -0.787. The Morgan fingerprint density at radius 2 is 2.39 bits per heavy atom. The SMILES string of the molecule is CO[C@@H]1COC[C@@H](N(C)C(=O)c2ccon2)[C@@H]1O. The summed E-state index contributed by atoms with van der Waals surface area (Å²) in [6, 6.07) is 1.01.